The van der Waals surface area contributed by atoms with E-state index in [4.69, 9.17) is 4.74 Å². The number of fused-ring (bicyclic) bond motifs is 5. The molecule has 0 N–H and O–H groups in total. The van der Waals surface area contributed by atoms with Gasteiger partial charge in [-0.2, -0.15) is 0 Å². The standard InChI is InChI=1S/C20H21NO3/c1-4-24-13-7-5-12(6-8-13)21-19(22)17-14-9-10-15(16(14)11(2)3)18(17)20(21)23/h5-10,14-15,17-18H,4H2,1-3H3/t14-,15-,17-,18+/m0/s1. The van der Waals surface area contributed by atoms with Crippen LogP contribution >= 0.6 is 0 Å². The van der Waals surface area contributed by atoms with Gasteiger partial charge in [0, 0.05) is 11.8 Å². The zero-order valence-corrected chi connectivity index (χ0v) is 14.2. The van der Waals surface area contributed by atoms with Gasteiger partial charge in [0.15, 0.2) is 0 Å². The fourth-order valence-electron chi connectivity index (χ4n) is 4.54. The summed E-state index contributed by atoms with van der Waals surface area (Å²) in [5.74, 6) is 0.333. The van der Waals surface area contributed by atoms with Crippen LogP contribution in [0.1, 0.15) is 20.8 Å². The molecule has 2 bridgehead atoms. The van der Waals surface area contributed by atoms with Crippen LogP contribution < -0.4 is 9.64 Å². The Balaban J connectivity index is 1.67. The number of rotatable bonds is 3. The number of ether oxygens (including phenoxy) is 1. The average molecular weight is 323 g/mol. The molecule has 2 aliphatic carbocycles. The molecule has 3 aliphatic rings. The summed E-state index contributed by atoms with van der Waals surface area (Å²) in [6.07, 6.45) is 4.22. The van der Waals surface area contributed by atoms with Gasteiger partial charge in [0.05, 0.1) is 24.1 Å². The number of allylic oxidation sites excluding steroid dienone is 4. The van der Waals surface area contributed by atoms with Crippen LogP contribution in [-0.4, -0.2) is 18.4 Å². The molecule has 4 nitrogen and oxygen atoms in total. The third kappa shape index (κ3) is 1.92. The lowest BCUT2D eigenvalue weighted by Gasteiger charge is -2.19. The maximum Gasteiger partial charge on any atom is 0.238 e. The van der Waals surface area contributed by atoms with Crippen molar-refractivity contribution in [2.45, 2.75) is 20.8 Å². The Morgan fingerprint density at radius 1 is 1.00 bits per heavy atom. The molecule has 4 heteroatoms. The van der Waals surface area contributed by atoms with Crippen LogP contribution in [0.25, 0.3) is 0 Å². The predicted molar refractivity (Wildman–Crippen MR) is 91.6 cm³/mol. The lowest BCUT2D eigenvalue weighted by Crippen LogP contribution is -2.33. The number of amides is 2. The monoisotopic (exact) mass is 323 g/mol. The first kappa shape index (κ1) is 15.2. The van der Waals surface area contributed by atoms with E-state index < -0.39 is 0 Å². The minimum Gasteiger partial charge on any atom is -0.494 e. The van der Waals surface area contributed by atoms with E-state index in [9.17, 15) is 9.59 Å². The van der Waals surface area contributed by atoms with Crippen LogP contribution in [0.3, 0.4) is 0 Å². The predicted octanol–water partition coefficient (Wildman–Crippen LogP) is 3.34. The van der Waals surface area contributed by atoms with Gasteiger partial charge >= 0.3 is 0 Å². The van der Waals surface area contributed by atoms with Crippen LogP contribution in [-0.2, 0) is 9.59 Å². The van der Waals surface area contributed by atoms with Gasteiger partial charge in [-0.05, 0) is 45.0 Å². The highest BCUT2D eigenvalue weighted by Gasteiger charge is 2.61. The van der Waals surface area contributed by atoms with E-state index in [1.807, 2.05) is 19.1 Å². The number of benzene rings is 1. The van der Waals surface area contributed by atoms with Crippen molar-refractivity contribution in [3.05, 3.63) is 47.6 Å². The van der Waals surface area contributed by atoms with Crippen molar-refractivity contribution in [1.82, 2.24) is 0 Å². The minimum absolute atomic E-state index is 0.0650. The molecule has 1 saturated carbocycles. The number of hydrogen-bond donors (Lipinski definition) is 0. The third-order valence-electron chi connectivity index (χ3n) is 5.40. The van der Waals surface area contributed by atoms with Crippen molar-refractivity contribution in [2.75, 3.05) is 11.5 Å². The molecule has 1 heterocycles. The fourth-order valence-corrected chi connectivity index (χ4v) is 4.54. The lowest BCUT2D eigenvalue weighted by molar-refractivity contribution is -0.122. The van der Waals surface area contributed by atoms with E-state index in [0.29, 0.717) is 12.3 Å². The first-order valence-electron chi connectivity index (χ1n) is 8.51. The molecule has 1 aromatic rings. The van der Waals surface area contributed by atoms with E-state index >= 15 is 0 Å². The van der Waals surface area contributed by atoms with E-state index in [2.05, 4.69) is 26.0 Å². The molecule has 0 aromatic heterocycles. The second-order valence-electron chi connectivity index (χ2n) is 6.88. The Morgan fingerprint density at radius 2 is 1.54 bits per heavy atom. The normalized spacial score (nSPS) is 30.3. The van der Waals surface area contributed by atoms with E-state index in [1.54, 1.807) is 12.1 Å². The summed E-state index contributed by atoms with van der Waals surface area (Å²) in [6.45, 7) is 6.66. The Kier molecular flexibility index (Phi) is 3.37. The van der Waals surface area contributed by atoms with Crippen LogP contribution in [0, 0.1) is 23.7 Å². The largest absolute Gasteiger partial charge is 0.494 e. The van der Waals surface area contributed by atoms with Crippen molar-refractivity contribution in [2.24, 2.45) is 23.7 Å². The molecular formula is C20H21NO3. The third-order valence-corrected chi connectivity index (χ3v) is 5.40. The van der Waals surface area contributed by atoms with Gasteiger partial charge in [0.1, 0.15) is 5.75 Å². The molecular weight excluding hydrogens is 302 g/mol. The van der Waals surface area contributed by atoms with E-state index in [0.717, 1.165) is 5.75 Å². The summed E-state index contributed by atoms with van der Waals surface area (Å²) in [4.78, 5) is 27.3. The molecule has 0 radical (unpaired) electrons. The molecule has 1 aromatic carbocycles. The molecule has 2 amide bonds. The van der Waals surface area contributed by atoms with Crippen LogP contribution in [0.5, 0.6) is 5.75 Å². The molecule has 4 rings (SSSR count). The van der Waals surface area contributed by atoms with E-state index in [1.165, 1.54) is 16.0 Å². The zero-order valence-electron chi connectivity index (χ0n) is 14.2. The zero-order chi connectivity index (χ0) is 17.0. The summed E-state index contributed by atoms with van der Waals surface area (Å²) < 4.78 is 5.43. The SMILES string of the molecule is CCOc1ccc(N2C(=O)[C@@H]3[C@H](C2=O)[C@H]2C=C[C@H]3C2=C(C)C)cc1. The summed E-state index contributed by atoms with van der Waals surface area (Å²) >= 11 is 0. The Labute approximate surface area is 141 Å². The summed E-state index contributed by atoms with van der Waals surface area (Å²) in [6, 6.07) is 7.20. The first-order chi connectivity index (χ1) is 11.5. The Morgan fingerprint density at radius 3 is 2.00 bits per heavy atom. The number of carbonyl (C=O) groups is 2. The first-order valence-corrected chi connectivity index (χ1v) is 8.51. The molecule has 2 fully saturated rings. The number of carbonyl (C=O) groups excluding carboxylic acids is 2. The van der Waals surface area contributed by atoms with Gasteiger partial charge in [0.2, 0.25) is 11.8 Å². The van der Waals surface area contributed by atoms with Crippen LogP contribution in [0.2, 0.25) is 0 Å². The lowest BCUT2D eigenvalue weighted by atomic mass is 9.85. The number of imide groups is 1. The van der Waals surface area contributed by atoms with Gasteiger partial charge in [0.25, 0.3) is 0 Å². The van der Waals surface area contributed by atoms with Gasteiger partial charge in [-0.25, -0.2) is 4.90 Å². The van der Waals surface area contributed by atoms with Crippen molar-refractivity contribution in [1.29, 1.82) is 0 Å². The number of anilines is 1. The van der Waals surface area contributed by atoms with Gasteiger partial charge in [-0.1, -0.05) is 23.3 Å². The van der Waals surface area contributed by atoms with Gasteiger partial charge < -0.3 is 4.74 Å². The van der Waals surface area contributed by atoms with Crippen LogP contribution in [0.4, 0.5) is 5.69 Å². The molecule has 1 saturated heterocycles. The van der Waals surface area contributed by atoms with Crippen molar-refractivity contribution < 1.29 is 14.3 Å². The summed E-state index contributed by atoms with van der Waals surface area (Å²) in [7, 11) is 0. The van der Waals surface area contributed by atoms with Gasteiger partial charge in [-0.3, -0.25) is 9.59 Å². The highest BCUT2D eigenvalue weighted by Crippen LogP contribution is 2.57. The van der Waals surface area contributed by atoms with Crippen molar-refractivity contribution >= 4 is 17.5 Å². The molecule has 124 valence electrons. The molecule has 0 spiro atoms. The maximum atomic E-state index is 13.0. The number of nitrogens with zero attached hydrogens (tertiary/aromatic N) is 1. The smallest absolute Gasteiger partial charge is 0.238 e. The fraction of sp³-hybridized carbons (Fsp3) is 0.400. The van der Waals surface area contributed by atoms with Crippen LogP contribution in [0.15, 0.2) is 47.6 Å². The molecule has 1 aliphatic heterocycles. The Hall–Kier alpha value is -2.36. The Bertz CT molecular complexity index is 737. The highest BCUT2D eigenvalue weighted by molar-refractivity contribution is 6.23. The molecule has 4 atom stereocenters. The second-order valence-corrected chi connectivity index (χ2v) is 6.88. The van der Waals surface area contributed by atoms with Gasteiger partial charge in [-0.15, -0.1) is 0 Å². The summed E-state index contributed by atoms with van der Waals surface area (Å²) in [5, 5.41) is 0. The minimum atomic E-state index is -0.232. The molecule has 24 heavy (non-hydrogen) atoms. The second kappa shape index (κ2) is 5.33. The topological polar surface area (TPSA) is 46.6 Å². The maximum absolute atomic E-state index is 13.0. The van der Waals surface area contributed by atoms with Crippen molar-refractivity contribution in [3.8, 4) is 5.75 Å². The number of hydrogen-bond acceptors (Lipinski definition) is 3. The van der Waals surface area contributed by atoms with Crippen molar-refractivity contribution in [3.63, 3.8) is 0 Å². The van der Waals surface area contributed by atoms with E-state index in [-0.39, 0.29) is 35.5 Å². The quantitative estimate of drug-likeness (QED) is 0.633. The highest BCUT2D eigenvalue weighted by atomic mass is 16.5. The molecule has 0 unspecified atom stereocenters. The summed E-state index contributed by atoms with van der Waals surface area (Å²) in [5.41, 5.74) is 3.15. The average Bonchev–Trinajstić information content (AvgIpc) is 3.19.